The molecule has 1 amide bonds. The summed E-state index contributed by atoms with van der Waals surface area (Å²) in [5, 5.41) is 0.0480. The minimum atomic E-state index is -0.861. The van der Waals surface area contributed by atoms with E-state index in [9.17, 15) is 18.4 Å². The van der Waals surface area contributed by atoms with Crippen LogP contribution in [-0.2, 0) is 0 Å². The molecule has 1 atom stereocenters. The zero-order valence-corrected chi connectivity index (χ0v) is 19.3. The Hall–Kier alpha value is -4.00. The summed E-state index contributed by atoms with van der Waals surface area (Å²) in [5.41, 5.74) is 0.751. The van der Waals surface area contributed by atoms with Gasteiger partial charge in [-0.05, 0) is 72.5 Å². The standard InChI is InChI=1S/C28H23F2NO4/c1-16(2)12-13-34-21-5-3-4-17(14-21)25-24-26(32)22-15-19(30)8-11-23(22)35-27(24)28(33)31(25)20-9-6-18(29)7-10-20/h3-11,14-16,25H,12-13H2,1-2H3. The first-order chi connectivity index (χ1) is 16.8. The summed E-state index contributed by atoms with van der Waals surface area (Å²) >= 11 is 0. The summed E-state index contributed by atoms with van der Waals surface area (Å²) in [6, 6.07) is 15.3. The molecule has 178 valence electrons. The van der Waals surface area contributed by atoms with Crippen molar-refractivity contribution in [3.63, 3.8) is 0 Å². The van der Waals surface area contributed by atoms with Crippen molar-refractivity contribution in [1.29, 1.82) is 0 Å². The zero-order valence-electron chi connectivity index (χ0n) is 19.3. The third-order valence-corrected chi connectivity index (χ3v) is 6.07. The van der Waals surface area contributed by atoms with Crippen LogP contribution in [0.4, 0.5) is 14.5 Å². The van der Waals surface area contributed by atoms with Crippen molar-refractivity contribution in [3.05, 3.63) is 105 Å². The van der Waals surface area contributed by atoms with Crippen LogP contribution < -0.4 is 15.1 Å². The fourth-order valence-electron chi connectivity index (χ4n) is 4.32. The highest BCUT2D eigenvalue weighted by molar-refractivity contribution is 6.10. The van der Waals surface area contributed by atoms with Crippen LogP contribution in [0.25, 0.3) is 11.0 Å². The zero-order chi connectivity index (χ0) is 24.7. The van der Waals surface area contributed by atoms with Crippen LogP contribution in [0.1, 0.15) is 48.0 Å². The molecule has 0 saturated carbocycles. The average molecular weight is 475 g/mol. The highest BCUT2D eigenvalue weighted by Gasteiger charge is 2.43. The van der Waals surface area contributed by atoms with E-state index < -0.39 is 29.0 Å². The molecule has 5 rings (SSSR count). The first-order valence-corrected chi connectivity index (χ1v) is 11.4. The molecule has 35 heavy (non-hydrogen) atoms. The fourth-order valence-corrected chi connectivity index (χ4v) is 4.32. The molecule has 0 fully saturated rings. The molecule has 0 saturated heterocycles. The molecule has 5 nitrogen and oxygen atoms in total. The molecule has 0 radical (unpaired) electrons. The van der Waals surface area contributed by atoms with Crippen LogP contribution >= 0.6 is 0 Å². The number of benzene rings is 3. The molecule has 1 aliphatic rings. The number of hydrogen-bond donors (Lipinski definition) is 0. The van der Waals surface area contributed by atoms with Crippen LogP contribution in [0.5, 0.6) is 5.75 Å². The largest absolute Gasteiger partial charge is 0.494 e. The summed E-state index contributed by atoms with van der Waals surface area (Å²) < 4.78 is 39.4. The van der Waals surface area contributed by atoms with Crippen molar-refractivity contribution in [2.75, 3.05) is 11.5 Å². The maximum Gasteiger partial charge on any atom is 0.295 e. The molecule has 1 aliphatic heterocycles. The van der Waals surface area contributed by atoms with E-state index in [1.54, 1.807) is 18.2 Å². The van der Waals surface area contributed by atoms with E-state index in [1.165, 1.54) is 41.3 Å². The third-order valence-electron chi connectivity index (χ3n) is 6.07. The maximum atomic E-state index is 14.0. The number of hydrogen-bond acceptors (Lipinski definition) is 4. The van der Waals surface area contributed by atoms with Gasteiger partial charge in [-0.3, -0.25) is 14.5 Å². The Morgan fingerprint density at radius 2 is 1.71 bits per heavy atom. The number of carbonyl (C=O) groups is 1. The van der Waals surface area contributed by atoms with Crippen LogP contribution in [0.2, 0.25) is 0 Å². The van der Waals surface area contributed by atoms with Crippen molar-refractivity contribution < 1.29 is 22.7 Å². The van der Waals surface area contributed by atoms with Gasteiger partial charge in [0.2, 0.25) is 5.76 Å². The van der Waals surface area contributed by atoms with Gasteiger partial charge in [0.15, 0.2) is 5.43 Å². The molecule has 1 aromatic heterocycles. The number of anilines is 1. The van der Waals surface area contributed by atoms with Crippen molar-refractivity contribution >= 4 is 22.6 Å². The number of nitrogens with zero attached hydrogens (tertiary/aromatic N) is 1. The van der Waals surface area contributed by atoms with Crippen LogP contribution in [0.15, 0.2) is 75.9 Å². The van der Waals surface area contributed by atoms with Gasteiger partial charge in [0.1, 0.15) is 23.0 Å². The highest BCUT2D eigenvalue weighted by atomic mass is 19.1. The van der Waals surface area contributed by atoms with Gasteiger partial charge >= 0.3 is 0 Å². The van der Waals surface area contributed by atoms with E-state index in [0.29, 0.717) is 29.5 Å². The van der Waals surface area contributed by atoms with Crippen molar-refractivity contribution in [3.8, 4) is 5.75 Å². The van der Waals surface area contributed by atoms with Gasteiger partial charge in [0, 0.05) is 5.69 Å². The predicted octanol–water partition coefficient (Wildman–Crippen LogP) is 6.25. The Bertz CT molecular complexity index is 1480. The number of ether oxygens (including phenoxy) is 1. The second-order valence-corrected chi connectivity index (χ2v) is 8.97. The van der Waals surface area contributed by atoms with E-state index in [2.05, 4.69) is 13.8 Å². The van der Waals surface area contributed by atoms with E-state index >= 15 is 0 Å². The minimum absolute atomic E-state index is 0.0480. The van der Waals surface area contributed by atoms with Gasteiger partial charge < -0.3 is 9.15 Å². The molecular formula is C28H23F2NO4. The number of halogens is 2. The van der Waals surface area contributed by atoms with E-state index in [0.717, 1.165) is 12.5 Å². The number of amides is 1. The quantitative estimate of drug-likeness (QED) is 0.331. The van der Waals surface area contributed by atoms with Crippen LogP contribution in [0.3, 0.4) is 0 Å². The summed E-state index contributed by atoms with van der Waals surface area (Å²) in [6.45, 7) is 4.73. The van der Waals surface area contributed by atoms with Crippen molar-refractivity contribution in [1.82, 2.24) is 0 Å². The third kappa shape index (κ3) is 4.18. The van der Waals surface area contributed by atoms with Crippen molar-refractivity contribution in [2.24, 2.45) is 5.92 Å². The van der Waals surface area contributed by atoms with Crippen LogP contribution in [0, 0.1) is 17.6 Å². The molecule has 1 unspecified atom stereocenters. The Balaban J connectivity index is 1.68. The second kappa shape index (κ2) is 8.98. The van der Waals surface area contributed by atoms with Gasteiger partial charge in [-0.15, -0.1) is 0 Å². The average Bonchev–Trinajstić information content (AvgIpc) is 3.13. The van der Waals surface area contributed by atoms with Gasteiger partial charge in [0.05, 0.1) is 23.6 Å². The van der Waals surface area contributed by atoms with Gasteiger partial charge in [-0.25, -0.2) is 8.78 Å². The van der Waals surface area contributed by atoms with Gasteiger partial charge in [-0.2, -0.15) is 0 Å². The van der Waals surface area contributed by atoms with E-state index in [-0.39, 0.29) is 22.3 Å². The summed E-state index contributed by atoms with van der Waals surface area (Å²) in [5.74, 6) is -0.614. The lowest BCUT2D eigenvalue weighted by Gasteiger charge is -2.25. The number of carbonyl (C=O) groups excluding carboxylic acids is 1. The van der Waals surface area contributed by atoms with Gasteiger partial charge in [-0.1, -0.05) is 26.0 Å². The normalized spacial score (nSPS) is 15.2. The monoisotopic (exact) mass is 475 g/mol. The predicted molar refractivity (Wildman–Crippen MR) is 129 cm³/mol. The second-order valence-electron chi connectivity index (χ2n) is 8.97. The SMILES string of the molecule is CC(C)CCOc1cccc(C2c3c(oc4ccc(F)cc4c3=O)C(=O)N2c2ccc(F)cc2)c1. The first-order valence-electron chi connectivity index (χ1n) is 11.4. The molecule has 2 heterocycles. The molecule has 0 spiro atoms. The topological polar surface area (TPSA) is 59.8 Å². The Labute approximate surface area is 200 Å². The lowest BCUT2D eigenvalue weighted by Crippen LogP contribution is -2.29. The lowest BCUT2D eigenvalue weighted by atomic mass is 9.98. The first kappa shape index (κ1) is 22.8. The highest BCUT2D eigenvalue weighted by Crippen LogP contribution is 2.42. The molecule has 0 bridgehead atoms. The summed E-state index contributed by atoms with van der Waals surface area (Å²) in [7, 11) is 0. The molecule has 0 N–H and O–H groups in total. The summed E-state index contributed by atoms with van der Waals surface area (Å²) in [4.78, 5) is 28.5. The number of fused-ring (bicyclic) bond motifs is 2. The molecule has 4 aromatic rings. The smallest absolute Gasteiger partial charge is 0.295 e. The van der Waals surface area contributed by atoms with Crippen LogP contribution in [-0.4, -0.2) is 12.5 Å². The fraction of sp³-hybridized carbons (Fsp3) is 0.214. The Morgan fingerprint density at radius 3 is 2.46 bits per heavy atom. The molecular weight excluding hydrogens is 452 g/mol. The number of rotatable bonds is 6. The lowest BCUT2D eigenvalue weighted by molar-refractivity contribution is 0.0971. The minimum Gasteiger partial charge on any atom is -0.494 e. The Kier molecular flexibility index (Phi) is 5.84. The molecule has 7 heteroatoms. The Morgan fingerprint density at radius 1 is 0.971 bits per heavy atom. The van der Waals surface area contributed by atoms with Crippen molar-refractivity contribution in [2.45, 2.75) is 26.3 Å². The maximum absolute atomic E-state index is 14.0. The summed E-state index contributed by atoms with van der Waals surface area (Å²) in [6.07, 6.45) is 0.873. The van der Waals surface area contributed by atoms with Gasteiger partial charge in [0.25, 0.3) is 5.91 Å². The molecule has 3 aromatic carbocycles. The van der Waals surface area contributed by atoms with E-state index in [1.807, 2.05) is 6.07 Å². The molecule has 0 aliphatic carbocycles. The van der Waals surface area contributed by atoms with E-state index in [4.69, 9.17) is 9.15 Å².